The van der Waals surface area contributed by atoms with Crippen molar-refractivity contribution in [1.82, 2.24) is 9.88 Å². The van der Waals surface area contributed by atoms with Crippen molar-refractivity contribution in [1.29, 1.82) is 0 Å². The third-order valence-corrected chi connectivity index (χ3v) is 7.96. The lowest BCUT2D eigenvalue weighted by atomic mass is 10.1. The molecule has 2 aromatic heterocycles. The largest absolute Gasteiger partial charge is 0.478 e. The molecule has 1 saturated heterocycles. The number of benzene rings is 1. The number of nitrogens with zero attached hydrogens (tertiary/aromatic N) is 3. The molecule has 0 atom stereocenters. The molecular weight excluding hydrogens is 424 g/mol. The van der Waals surface area contributed by atoms with Crippen LogP contribution in [-0.2, 0) is 10.0 Å². The van der Waals surface area contributed by atoms with Crippen LogP contribution in [0.4, 0.5) is 11.5 Å². The molecule has 2 N–H and O–H groups in total. The highest BCUT2D eigenvalue weighted by Gasteiger charge is 2.21. The van der Waals surface area contributed by atoms with E-state index in [0.29, 0.717) is 22.4 Å². The average Bonchev–Trinajstić information content (AvgIpc) is 3.29. The first-order valence-corrected chi connectivity index (χ1v) is 12.0. The van der Waals surface area contributed by atoms with Crippen LogP contribution in [0.2, 0.25) is 0 Å². The van der Waals surface area contributed by atoms with E-state index in [-0.39, 0.29) is 9.77 Å². The maximum atomic E-state index is 12.5. The van der Waals surface area contributed by atoms with Gasteiger partial charge in [0.05, 0.1) is 11.1 Å². The molecule has 0 unspecified atom stereocenters. The summed E-state index contributed by atoms with van der Waals surface area (Å²) in [5, 5.41) is 11.8. The minimum Gasteiger partial charge on any atom is -0.478 e. The van der Waals surface area contributed by atoms with Gasteiger partial charge in [0.1, 0.15) is 10.0 Å². The molecule has 8 nitrogen and oxygen atoms in total. The Morgan fingerprint density at radius 1 is 1.20 bits per heavy atom. The minimum atomic E-state index is -3.72. The minimum absolute atomic E-state index is 0.102. The molecule has 0 bridgehead atoms. The number of hydrogen-bond acceptors (Lipinski definition) is 7. The first-order valence-electron chi connectivity index (χ1n) is 9.59. The zero-order chi connectivity index (χ0) is 21.3. The lowest BCUT2D eigenvalue weighted by molar-refractivity contribution is 0.0699. The highest BCUT2D eigenvalue weighted by atomic mass is 32.2. The summed E-state index contributed by atoms with van der Waals surface area (Å²) in [5.74, 6) is -0.448. The van der Waals surface area contributed by atoms with E-state index in [1.807, 2.05) is 0 Å². The Kier molecular flexibility index (Phi) is 5.63. The number of piperazine rings is 1. The van der Waals surface area contributed by atoms with Crippen molar-refractivity contribution in [3.63, 3.8) is 0 Å². The van der Waals surface area contributed by atoms with E-state index in [4.69, 9.17) is 0 Å². The number of sulfonamides is 1. The van der Waals surface area contributed by atoms with Crippen LogP contribution < -0.4 is 9.62 Å². The molecule has 0 aliphatic carbocycles. The number of likely N-dealkylation sites (N-methyl/N-ethyl adjacent to an activating group) is 1. The van der Waals surface area contributed by atoms with E-state index < -0.39 is 16.0 Å². The van der Waals surface area contributed by atoms with Crippen LogP contribution >= 0.6 is 11.3 Å². The number of hydrogen-bond donors (Lipinski definition) is 2. The van der Waals surface area contributed by atoms with E-state index in [1.165, 1.54) is 12.1 Å². The molecule has 4 rings (SSSR count). The van der Waals surface area contributed by atoms with E-state index in [1.54, 1.807) is 29.6 Å². The Bertz CT molecular complexity index is 1170. The summed E-state index contributed by atoms with van der Waals surface area (Å²) in [5.41, 5.74) is 0.913. The molecule has 3 heterocycles. The van der Waals surface area contributed by atoms with Crippen LogP contribution in [0.1, 0.15) is 17.3 Å². The van der Waals surface area contributed by atoms with Crippen molar-refractivity contribution in [2.45, 2.75) is 11.1 Å². The number of pyridine rings is 1. The van der Waals surface area contributed by atoms with Gasteiger partial charge < -0.3 is 14.9 Å². The van der Waals surface area contributed by atoms with Gasteiger partial charge in [-0.1, -0.05) is 13.0 Å². The second kappa shape index (κ2) is 8.21. The molecule has 3 aromatic rings. The van der Waals surface area contributed by atoms with Crippen molar-refractivity contribution >= 4 is 49.7 Å². The van der Waals surface area contributed by atoms with E-state index in [0.717, 1.165) is 44.1 Å². The maximum Gasteiger partial charge on any atom is 0.336 e. The zero-order valence-electron chi connectivity index (χ0n) is 16.4. The maximum absolute atomic E-state index is 12.5. The van der Waals surface area contributed by atoms with Gasteiger partial charge >= 0.3 is 5.97 Å². The van der Waals surface area contributed by atoms with Crippen molar-refractivity contribution in [3.05, 3.63) is 47.3 Å². The van der Waals surface area contributed by atoms with E-state index in [9.17, 15) is 18.3 Å². The molecule has 1 fully saturated rings. The van der Waals surface area contributed by atoms with Crippen LogP contribution in [0.15, 0.2) is 46.0 Å². The van der Waals surface area contributed by atoms with Gasteiger partial charge in [-0.15, -0.1) is 11.3 Å². The second-order valence-corrected chi connectivity index (χ2v) is 9.88. The molecule has 0 spiro atoms. The lowest BCUT2D eigenvalue weighted by Crippen LogP contribution is -2.46. The molecule has 1 aliphatic heterocycles. The fourth-order valence-electron chi connectivity index (χ4n) is 3.53. The van der Waals surface area contributed by atoms with Gasteiger partial charge in [-0.05, 0) is 42.3 Å². The van der Waals surface area contributed by atoms with Gasteiger partial charge in [-0.3, -0.25) is 4.72 Å². The summed E-state index contributed by atoms with van der Waals surface area (Å²) in [6.45, 7) is 6.48. The number of carboxylic acid groups (broad SMARTS) is 1. The summed E-state index contributed by atoms with van der Waals surface area (Å²) in [7, 11) is -3.72. The zero-order valence-corrected chi connectivity index (χ0v) is 18.0. The summed E-state index contributed by atoms with van der Waals surface area (Å²) in [6.07, 6.45) is 0. The predicted octanol–water partition coefficient (Wildman–Crippen LogP) is 2.94. The molecule has 1 aliphatic rings. The van der Waals surface area contributed by atoms with E-state index in [2.05, 4.69) is 26.4 Å². The number of nitrogens with one attached hydrogen (secondary N) is 1. The number of carbonyl (C=O) groups is 1. The number of aromatic carboxylic acids is 1. The SMILES string of the molecule is CCN1CCN(c2cc(C(=O)O)c3cc(NS(=O)(=O)c4cccs4)ccc3n2)CC1. The Labute approximate surface area is 178 Å². The summed E-state index contributed by atoms with van der Waals surface area (Å²) in [6, 6.07) is 9.53. The average molecular weight is 447 g/mol. The fourth-order valence-corrected chi connectivity index (χ4v) is 5.57. The number of aromatic nitrogens is 1. The molecule has 0 saturated carbocycles. The molecule has 0 amide bonds. The quantitative estimate of drug-likeness (QED) is 0.600. The van der Waals surface area contributed by atoms with Gasteiger partial charge in [0.25, 0.3) is 10.0 Å². The van der Waals surface area contributed by atoms with Crippen molar-refractivity contribution in [3.8, 4) is 0 Å². The van der Waals surface area contributed by atoms with Crippen LogP contribution in [0.3, 0.4) is 0 Å². The van der Waals surface area contributed by atoms with Crippen LogP contribution in [-0.4, -0.2) is 62.1 Å². The normalized spacial score (nSPS) is 15.4. The molecule has 158 valence electrons. The number of thiophene rings is 1. The first-order chi connectivity index (χ1) is 14.4. The van der Waals surface area contributed by atoms with Crippen LogP contribution in [0.25, 0.3) is 10.9 Å². The summed E-state index contributed by atoms with van der Waals surface area (Å²) < 4.78 is 27.7. The van der Waals surface area contributed by atoms with Gasteiger partial charge in [-0.2, -0.15) is 0 Å². The Morgan fingerprint density at radius 3 is 2.60 bits per heavy atom. The smallest absolute Gasteiger partial charge is 0.336 e. The van der Waals surface area contributed by atoms with Crippen molar-refractivity contribution < 1.29 is 18.3 Å². The fraction of sp³-hybridized carbons (Fsp3) is 0.300. The molecule has 30 heavy (non-hydrogen) atoms. The summed E-state index contributed by atoms with van der Waals surface area (Å²) in [4.78, 5) is 21.0. The number of carboxylic acids is 1. The predicted molar refractivity (Wildman–Crippen MR) is 118 cm³/mol. The monoisotopic (exact) mass is 446 g/mol. The Hall–Kier alpha value is -2.69. The molecular formula is C20H22N4O4S2. The van der Waals surface area contributed by atoms with Crippen molar-refractivity contribution in [2.75, 3.05) is 42.3 Å². The summed E-state index contributed by atoms with van der Waals surface area (Å²) >= 11 is 1.11. The number of rotatable bonds is 6. The van der Waals surface area contributed by atoms with Crippen LogP contribution in [0.5, 0.6) is 0 Å². The third-order valence-electron chi connectivity index (χ3n) is 5.18. The standard InChI is InChI=1S/C20H22N4O4S2/c1-2-23-7-9-24(10-8-23)18-13-16(20(25)26)15-12-14(5-6-17(15)21-18)22-30(27,28)19-4-3-11-29-19/h3-6,11-13,22H,2,7-10H2,1H3,(H,25,26). The molecule has 0 radical (unpaired) electrons. The molecule has 10 heteroatoms. The van der Waals surface area contributed by atoms with Crippen LogP contribution in [0, 0.1) is 0 Å². The van der Waals surface area contributed by atoms with Gasteiger partial charge in [0.15, 0.2) is 0 Å². The Balaban J connectivity index is 1.68. The number of fused-ring (bicyclic) bond motifs is 1. The van der Waals surface area contributed by atoms with E-state index >= 15 is 0 Å². The Morgan fingerprint density at radius 2 is 1.97 bits per heavy atom. The lowest BCUT2D eigenvalue weighted by Gasteiger charge is -2.35. The van der Waals surface area contributed by atoms with Crippen molar-refractivity contribution in [2.24, 2.45) is 0 Å². The van der Waals surface area contributed by atoms with Gasteiger partial charge in [0.2, 0.25) is 0 Å². The first kappa shape index (κ1) is 20.6. The highest BCUT2D eigenvalue weighted by molar-refractivity contribution is 7.94. The third kappa shape index (κ3) is 4.11. The molecule has 1 aromatic carbocycles. The second-order valence-electron chi connectivity index (χ2n) is 7.02. The number of anilines is 2. The van der Waals surface area contributed by atoms with Gasteiger partial charge in [-0.25, -0.2) is 18.2 Å². The topological polar surface area (TPSA) is 103 Å². The highest BCUT2D eigenvalue weighted by Crippen LogP contribution is 2.28. The van der Waals surface area contributed by atoms with Gasteiger partial charge in [0, 0.05) is 37.3 Å².